The molecule has 0 aliphatic carbocycles. The van der Waals surface area contributed by atoms with Crippen LogP contribution in [0.3, 0.4) is 0 Å². The highest BCUT2D eigenvalue weighted by atomic mass is 32.2. The Balaban J connectivity index is 2.41. The van der Waals surface area contributed by atoms with E-state index in [1.807, 2.05) is 25.3 Å². The van der Waals surface area contributed by atoms with Crippen molar-refractivity contribution >= 4 is 40.2 Å². The van der Waals surface area contributed by atoms with Crippen LogP contribution >= 0.6 is 23.1 Å². The summed E-state index contributed by atoms with van der Waals surface area (Å²) in [5.74, 6) is 0.538. The summed E-state index contributed by atoms with van der Waals surface area (Å²) in [5, 5.41) is 4.76. The standard InChI is InChI=1S/C13H17NO2S2/c1-9(6-12-7-10(2)18-8-12)13(16)17-5-4-14-11(3)15/h6-8H,4-5H2,1-3H3,(H,14,15)/b9-6+. The molecule has 5 heteroatoms. The summed E-state index contributed by atoms with van der Waals surface area (Å²) in [6.45, 7) is 5.86. The van der Waals surface area contributed by atoms with Crippen molar-refractivity contribution in [3.05, 3.63) is 27.5 Å². The lowest BCUT2D eigenvalue weighted by atomic mass is 10.2. The fourth-order valence-corrected chi connectivity index (χ4v) is 2.67. The third-order valence-electron chi connectivity index (χ3n) is 2.17. The summed E-state index contributed by atoms with van der Waals surface area (Å²) in [6, 6.07) is 2.06. The highest BCUT2D eigenvalue weighted by molar-refractivity contribution is 8.14. The van der Waals surface area contributed by atoms with Crippen molar-refractivity contribution in [1.82, 2.24) is 5.32 Å². The van der Waals surface area contributed by atoms with Gasteiger partial charge in [0, 0.05) is 29.7 Å². The van der Waals surface area contributed by atoms with E-state index < -0.39 is 0 Å². The molecule has 0 saturated carbocycles. The van der Waals surface area contributed by atoms with E-state index in [2.05, 4.69) is 11.4 Å². The van der Waals surface area contributed by atoms with Crippen molar-refractivity contribution in [2.24, 2.45) is 0 Å². The molecule has 0 radical (unpaired) electrons. The lowest BCUT2D eigenvalue weighted by Crippen LogP contribution is -2.22. The maximum absolute atomic E-state index is 11.8. The van der Waals surface area contributed by atoms with Gasteiger partial charge in [-0.15, -0.1) is 11.3 Å². The van der Waals surface area contributed by atoms with Gasteiger partial charge in [-0.25, -0.2) is 0 Å². The Morgan fingerprint density at radius 1 is 1.44 bits per heavy atom. The topological polar surface area (TPSA) is 46.2 Å². The first-order valence-electron chi connectivity index (χ1n) is 5.64. The monoisotopic (exact) mass is 283 g/mol. The molecule has 0 fully saturated rings. The van der Waals surface area contributed by atoms with Gasteiger partial charge >= 0.3 is 0 Å². The van der Waals surface area contributed by atoms with Crippen molar-refractivity contribution in [2.45, 2.75) is 20.8 Å². The SMILES string of the molecule is CC(=O)NCCSC(=O)/C(C)=C/c1csc(C)c1. The maximum Gasteiger partial charge on any atom is 0.216 e. The molecule has 18 heavy (non-hydrogen) atoms. The number of thioether (sulfide) groups is 1. The first kappa shape index (κ1) is 15.0. The number of carbonyl (C=O) groups is 2. The van der Waals surface area contributed by atoms with Crippen molar-refractivity contribution in [3.63, 3.8) is 0 Å². The van der Waals surface area contributed by atoms with Crippen molar-refractivity contribution in [1.29, 1.82) is 0 Å². The van der Waals surface area contributed by atoms with E-state index in [0.717, 1.165) is 11.1 Å². The van der Waals surface area contributed by atoms with Gasteiger partial charge < -0.3 is 5.32 Å². The molecule has 1 aromatic heterocycles. The molecular weight excluding hydrogens is 266 g/mol. The van der Waals surface area contributed by atoms with Gasteiger partial charge in [0.1, 0.15) is 0 Å². The minimum atomic E-state index is -0.0657. The second kappa shape index (κ2) is 7.38. The van der Waals surface area contributed by atoms with E-state index in [0.29, 0.717) is 12.3 Å². The fraction of sp³-hybridized carbons (Fsp3) is 0.385. The zero-order valence-electron chi connectivity index (χ0n) is 10.8. The molecule has 1 amide bonds. The molecule has 1 N–H and O–H groups in total. The molecule has 0 aromatic carbocycles. The lowest BCUT2D eigenvalue weighted by Gasteiger charge is -2.02. The highest BCUT2D eigenvalue weighted by Crippen LogP contribution is 2.18. The number of aryl methyl sites for hydroxylation is 1. The number of carbonyl (C=O) groups excluding carboxylic acids is 2. The average molecular weight is 283 g/mol. The van der Waals surface area contributed by atoms with Gasteiger partial charge in [-0.05, 0) is 36.9 Å². The van der Waals surface area contributed by atoms with Gasteiger partial charge in [0.15, 0.2) is 0 Å². The molecule has 1 heterocycles. The normalized spacial score (nSPS) is 11.4. The van der Waals surface area contributed by atoms with E-state index in [4.69, 9.17) is 0 Å². The largest absolute Gasteiger partial charge is 0.356 e. The molecular formula is C13H17NO2S2. The van der Waals surface area contributed by atoms with E-state index in [9.17, 15) is 9.59 Å². The third kappa shape index (κ3) is 5.51. The van der Waals surface area contributed by atoms with Crippen LogP contribution in [0.2, 0.25) is 0 Å². The average Bonchev–Trinajstić information content (AvgIpc) is 2.69. The molecule has 0 unspecified atom stereocenters. The Hall–Kier alpha value is -1.07. The zero-order valence-corrected chi connectivity index (χ0v) is 12.4. The Bertz CT molecular complexity index is 463. The molecule has 0 saturated heterocycles. The van der Waals surface area contributed by atoms with Crippen molar-refractivity contribution < 1.29 is 9.59 Å². The van der Waals surface area contributed by atoms with Crippen LogP contribution in [-0.2, 0) is 9.59 Å². The molecule has 0 aliphatic heterocycles. The Morgan fingerprint density at radius 3 is 2.72 bits per heavy atom. The minimum absolute atomic E-state index is 0.0594. The molecule has 0 bridgehead atoms. The summed E-state index contributed by atoms with van der Waals surface area (Å²) >= 11 is 2.91. The Morgan fingerprint density at radius 2 is 2.17 bits per heavy atom. The van der Waals surface area contributed by atoms with Crippen LogP contribution < -0.4 is 5.32 Å². The summed E-state index contributed by atoms with van der Waals surface area (Å²) in [5.41, 5.74) is 1.81. The smallest absolute Gasteiger partial charge is 0.216 e. The van der Waals surface area contributed by atoms with E-state index in [1.165, 1.54) is 23.6 Å². The predicted octanol–water partition coefficient (Wildman–Crippen LogP) is 2.86. The van der Waals surface area contributed by atoms with Crippen LogP contribution in [0, 0.1) is 6.92 Å². The summed E-state index contributed by atoms with van der Waals surface area (Å²) < 4.78 is 0. The van der Waals surface area contributed by atoms with Crippen molar-refractivity contribution in [3.8, 4) is 0 Å². The van der Waals surface area contributed by atoms with E-state index in [1.54, 1.807) is 11.3 Å². The van der Waals surface area contributed by atoms with Gasteiger partial charge in [-0.3, -0.25) is 9.59 Å². The number of thiophene rings is 1. The maximum atomic E-state index is 11.8. The number of hydrogen-bond donors (Lipinski definition) is 1. The van der Waals surface area contributed by atoms with Gasteiger partial charge in [-0.1, -0.05) is 11.8 Å². The summed E-state index contributed by atoms with van der Waals surface area (Å²) in [4.78, 5) is 23.7. The highest BCUT2D eigenvalue weighted by Gasteiger charge is 2.05. The lowest BCUT2D eigenvalue weighted by molar-refractivity contribution is -0.118. The van der Waals surface area contributed by atoms with Crippen LogP contribution in [0.5, 0.6) is 0 Å². The molecule has 0 aliphatic rings. The van der Waals surface area contributed by atoms with Gasteiger partial charge in [0.2, 0.25) is 11.0 Å². The summed E-state index contributed by atoms with van der Waals surface area (Å²) in [7, 11) is 0. The number of nitrogens with one attached hydrogen (secondary N) is 1. The minimum Gasteiger partial charge on any atom is -0.356 e. The zero-order chi connectivity index (χ0) is 13.5. The van der Waals surface area contributed by atoms with E-state index in [-0.39, 0.29) is 11.0 Å². The number of rotatable bonds is 5. The molecule has 3 nitrogen and oxygen atoms in total. The number of amides is 1. The van der Waals surface area contributed by atoms with Crippen LogP contribution in [0.25, 0.3) is 6.08 Å². The van der Waals surface area contributed by atoms with Crippen molar-refractivity contribution in [2.75, 3.05) is 12.3 Å². The van der Waals surface area contributed by atoms with Crippen LogP contribution in [0.1, 0.15) is 24.3 Å². The van der Waals surface area contributed by atoms with E-state index >= 15 is 0 Å². The third-order valence-corrected chi connectivity index (χ3v) is 4.04. The Kier molecular flexibility index (Phi) is 6.15. The first-order chi connectivity index (χ1) is 8.49. The van der Waals surface area contributed by atoms with Crippen LogP contribution in [-0.4, -0.2) is 23.3 Å². The van der Waals surface area contributed by atoms with Crippen LogP contribution in [0.4, 0.5) is 0 Å². The quantitative estimate of drug-likeness (QED) is 0.667. The van der Waals surface area contributed by atoms with Gasteiger partial charge in [-0.2, -0.15) is 0 Å². The van der Waals surface area contributed by atoms with Gasteiger partial charge in [0.25, 0.3) is 0 Å². The molecule has 1 aromatic rings. The first-order valence-corrected chi connectivity index (χ1v) is 7.50. The second-order valence-electron chi connectivity index (χ2n) is 3.94. The molecule has 98 valence electrons. The number of hydrogen-bond acceptors (Lipinski definition) is 4. The fourth-order valence-electron chi connectivity index (χ4n) is 1.33. The molecule has 1 rings (SSSR count). The molecule has 0 spiro atoms. The van der Waals surface area contributed by atoms with Crippen LogP contribution in [0.15, 0.2) is 17.0 Å². The predicted molar refractivity (Wildman–Crippen MR) is 78.9 cm³/mol. The van der Waals surface area contributed by atoms with Gasteiger partial charge in [0.05, 0.1) is 0 Å². The second-order valence-corrected chi connectivity index (χ2v) is 6.12. The summed E-state index contributed by atoms with van der Waals surface area (Å²) in [6.07, 6.45) is 1.90. The molecule has 0 atom stereocenters. The Labute approximate surface area is 116 Å².